The first-order valence-electron chi connectivity index (χ1n) is 9.01. The first-order valence-corrected chi connectivity index (χ1v) is 9.89. The third kappa shape index (κ3) is 4.33. The molecule has 0 saturated heterocycles. The predicted octanol–water partition coefficient (Wildman–Crippen LogP) is 3.58. The zero-order valence-electron chi connectivity index (χ0n) is 15.7. The number of amides is 1. The molecule has 7 nitrogen and oxygen atoms in total. The molecule has 0 spiro atoms. The zero-order chi connectivity index (χ0) is 20.1. The maximum atomic E-state index is 12.9. The standard InChI is InChI=1S/C21H19N5O2S/c1-28-19-10-6-5-9-16(19)21-25-18(12-29-21)20(27)24-17(11-26-14-22-13-23-26)15-7-3-2-4-8-15/h2-10,12-14,17H,11H2,1H3,(H,24,27). The van der Waals surface area contributed by atoms with Crippen LogP contribution in [0.2, 0.25) is 0 Å². The first-order chi connectivity index (χ1) is 14.2. The summed E-state index contributed by atoms with van der Waals surface area (Å²) >= 11 is 1.41. The van der Waals surface area contributed by atoms with Crippen molar-refractivity contribution in [1.82, 2.24) is 25.1 Å². The van der Waals surface area contributed by atoms with Crippen molar-refractivity contribution in [3.8, 4) is 16.3 Å². The average Bonchev–Trinajstić information content (AvgIpc) is 3.46. The van der Waals surface area contributed by atoms with E-state index < -0.39 is 0 Å². The molecule has 2 aromatic heterocycles. The molecule has 0 aliphatic rings. The van der Waals surface area contributed by atoms with Crippen LogP contribution in [0.1, 0.15) is 22.1 Å². The van der Waals surface area contributed by atoms with Crippen molar-refractivity contribution in [1.29, 1.82) is 0 Å². The van der Waals surface area contributed by atoms with E-state index in [-0.39, 0.29) is 11.9 Å². The average molecular weight is 405 g/mol. The second-order valence-corrected chi connectivity index (χ2v) is 7.15. The predicted molar refractivity (Wildman–Crippen MR) is 111 cm³/mol. The maximum Gasteiger partial charge on any atom is 0.271 e. The minimum Gasteiger partial charge on any atom is -0.496 e. The molecule has 4 aromatic rings. The minimum atomic E-state index is -0.262. The number of hydrogen-bond donors (Lipinski definition) is 1. The summed E-state index contributed by atoms with van der Waals surface area (Å²) in [6.07, 6.45) is 3.11. The van der Waals surface area contributed by atoms with E-state index in [4.69, 9.17) is 4.74 Å². The number of nitrogens with one attached hydrogen (secondary N) is 1. The molecule has 8 heteroatoms. The zero-order valence-corrected chi connectivity index (χ0v) is 16.5. The van der Waals surface area contributed by atoms with Gasteiger partial charge in [0.05, 0.1) is 25.3 Å². The second-order valence-electron chi connectivity index (χ2n) is 6.29. The van der Waals surface area contributed by atoms with Crippen LogP contribution in [0.3, 0.4) is 0 Å². The van der Waals surface area contributed by atoms with Gasteiger partial charge in [-0.2, -0.15) is 5.10 Å². The maximum absolute atomic E-state index is 12.9. The summed E-state index contributed by atoms with van der Waals surface area (Å²) in [4.78, 5) is 21.4. The summed E-state index contributed by atoms with van der Waals surface area (Å²) in [6, 6.07) is 17.1. The van der Waals surface area contributed by atoms with E-state index in [0.29, 0.717) is 12.2 Å². The van der Waals surface area contributed by atoms with Crippen LogP contribution < -0.4 is 10.1 Å². The molecule has 1 amide bonds. The number of carbonyl (C=O) groups is 1. The summed E-state index contributed by atoms with van der Waals surface area (Å²) in [5, 5.41) is 9.71. The molecule has 2 heterocycles. The van der Waals surface area contributed by atoms with Gasteiger partial charge >= 0.3 is 0 Å². The van der Waals surface area contributed by atoms with Crippen molar-refractivity contribution >= 4 is 17.2 Å². The van der Waals surface area contributed by atoms with Gasteiger partial charge in [-0.25, -0.2) is 9.97 Å². The number of methoxy groups -OCH3 is 1. The van der Waals surface area contributed by atoms with Gasteiger partial charge in [-0.1, -0.05) is 42.5 Å². The van der Waals surface area contributed by atoms with E-state index in [9.17, 15) is 4.79 Å². The molecule has 1 N–H and O–H groups in total. The molecule has 1 atom stereocenters. The van der Waals surface area contributed by atoms with Gasteiger partial charge in [0.1, 0.15) is 29.1 Å². The molecule has 1 unspecified atom stereocenters. The number of carbonyl (C=O) groups excluding carboxylic acids is 1. The van der Waals surface area contributed by atoms with Crippen LogP contribution in [-0.2, 0) is 6.54 Å². The SMILES string of the molecule is COc1ccccc1-c1nc(C(=O)NC(Cn2cncn2)c2ccccc2)cs1. The van der Waals surface area contributed by atoms with Crippen LogP contribution in [0.25, 0.3) is 10.6 Å². The number of para-hydroxylation sites is 1. The highest BCUT2D eigenvalue weighted by Gasteiger charge is 2.20. The topological polar surface area (TPSA) is 81.9 Å². The molecule has 0 saturated carbocycles. The van der Waals surface area contributed by atoms with Gasteiger partial charge in [-0.05, 0) is 17.7 Å². The summed E-state index contributed by atoms with van der Waals surface area (Å²) in [5.41, 5.74) is 2.22. The minimum absolute atomic E-state index is 0.239. The Morgan fingerprint density at radius 1 is 1.17 bits per heavy atom. The molecule has 29 heavy (non-hydrogen) atoms. The summed E-state index contributed by atoms with van der Waals surface area (Å²) in [7, 11) is 1.62. The van der Waals surface area contributed by atoms with Crippen LogP contribution in [-0.4, -0.2) is 32.8 Å². The van der Waals surface area contributed by atoms with Crippen LogP contribution in [0.15, 0.2) is 72.6 Å². The number of rotatable bonds is 7. The number of nitrogens with zero attached hydrogens (tertiary/aromatic N) is 4. The lowest BCUT2D eigenvalue weighted by atomic mass is 10.1. The van der Waals surface area contributed by atoms with E-state index in [1.54, 1.807) is 23.5 Å². The van der Waals surface area contributed by atoms with Gasteiger partial charge in [0.25, 0.3) is 5.91 Å². The Hall–Kier alpha value is -3.52. The van der Waals surface area contributed by atoms with E-state index in [2.05, 4.69) is 20.4 Å². The molecule has 2 aromatic carbocycles. The van der Waals surface area contributed by atoms with E-state index in [1.165, 1.54) is 17.7 Å². The molecular formula is C21H19N5O2S. The van der Waals surface area contributed by atoms with Crippen molar-refractivity contribution in [2.45, 2.75) is 12.6 Å². The second kappa shape index (κ2) is 8.66. The number of aromatic nitrogens is 4. The van der Waals surface area contributed by atoms with Crippen molar-refractivity contribution in [3.05, 3.63) is 83.9 Å². The molecule has 0 aliphatic carbocycles. The summed E-state index contributed by atoms with van der Waals surface area (Å²) in [5.74, 6) is 0.485. The fourth-order valence-corrected chi connectivity index (χ4v) is 3.82. The number of thiazole rings is 1. The highest BCUT2D eigenvalue weighted by atomic mass is 32.1. The third-order valence-electron chi connectivity index (χ3n) is 4.42. The quantitative estimate of drug-likeness (QED) is 0.508. The fraction of sp³-hybridized carbons (Fsp3) is 0.143. The highest BCUT2D eigenvalue weighted by Crippen LogP contribution is 2.32. The van der Waals surface area contributed by atoms with E-state index >= 15 is 0 Å². The first kappa shape index (κ1) is 18.8. The smallest absolute Gasteiger partial charge is 0.271 e. The third-order valence-corrected chi connectivity index (χ3v) is 5.29. The van der Waals surface area contributed by atoms with Crippen molar-refractivity contribution < 1.29 is 9.53 Å². The Labute approximate surface area is 172 Å². The van der Waals surface area contributed by atoms with E-state index in [1.807, 2.05) is 54.6 Å². The number of ether oxygens (including phenoxy) is 1. The molecule has 0 radical (unpaired) electrons. The summed E-state index contributed by atoms with van der Waals surface area (Å²) in [6.45, 7) is 0.471. The molecule has 0 fully saturated rings. The number of benzene rings is 2. The van der Waals surface area contributed by atoms with Gasteiger partial charge in [0.15, 0.2) is 0 Å². The van der Waals surface area contributed by atoms with Crippen molar-refractivity contribution in [3.63, 3.8) is 0 Å². The van der Waals surface area contributed by atoms with Crippen molar-refractivity contribution in [2.75, 3.05) is 7.11 Å². The van der Waals surface area contributed by atoms with Crippen LogP contribution in [0, 0.1) is 0 Å². The van der Waals surface area contributed by atoms with Gasteiger partial charge in [0, 0.05) is 5.38 Å². The molecule has 0 aliphatic heterocycles. The molecule has 146 valence electrons. The molecular weight excluding hydrogens is 386 g/mol. The highest BCUT2D eigenvalue weighted by molar-refractivity contribution is 7.13. The Morgan fingerprint density at radius 2 is 1.97 bits per heavy atom. The number of hydrogen-bond acceptors (Lipinski definition) is 6. The molecule has 4 rings (SSSR count). The monoisotopic (exact) mass is 405 g/mol. The fourth-order valence-electron chi connectivity index (χ4n) is 2.99. The van der Waals surface area contributed by atoms with Gasteiger partial charge in [0.2, 0.25) is 0 Å². The Kier molecular flexibility index (Phi) is 5.62. The normalized spacial score (nSPS) is 11.8. The Morgan fingerprint density at radius 3 is 2.72 bits per heavy atom. The lowest BCUT2D eigenvalue weighted by molar-refractivity contribution is 0.0927. The van der Waals surface area contributed by atoms with Gasteiger partial charge in [-0.15, -0.1) is 11.3 Å². The lowest BCUT2D eigenvalue weighted by Crippen LogP contribution is -2.31. The largest absolute Gasteiger partial charge is 0.496 e. The van der Waals surface area contributed by atoms with Gasteiger partial charge in [-0.3, -0.25) is 9.48 Å². The summed E-state index contributed by atoms with van der Waals surface area (Å²) < 4.78 is 7.09. The van der Waals surface area contributed by atoms with Crippen LogP contribution in [0.5, 0.6) is 5.75 Å². The van der Waals surface area contributed by atoms with Gasteiger partial charge < -0.3 is 10.1 Å². The van der Waals surface area contributed by atoms with E-state index in [0.717, 1.165) is 21.9 Å². The van der Waals surface area contributed by atoms with Crippen molar-refractivity contribution in [2.24, 2.45) is 0 Å². The van der Waals surface area contributed by atoms with Crippen LogP contribution >= 0.6 is 11.3 Å². The lowest BCUT2D eigenvalue weighted by Gasteiger charge is -2.18. The molecule has 0 bridgehead atoms. The Bertz CT molecular complexity index is 1080. The Balaban J connectivity index is 1.56. The van der Waals surface area contributed by atoms with Crippen LogP contribution in [0.4, 0.5) is 0 Å².